The monoisotopic (exact) mass is 250 g/mol. The molecule has 0 atom stereocenters. The number of benzene rings is 1. The van der Waals surface area contributed by atoms with Crippen LogP contribution in [0.25, 0.3) is 11.3 Å². The number of likely N-dealkylation sites (N-methyl/N-ethyl adjacent to an activating group) is 1. The topological polar surface area (TPSA) is 24.9 Å². The van der Waals surface area contributed by atoms with Crippen LogP contribution in [0.5, 0.6) is 0 Å². The summed E-state index contributed by atoms with van der Waals surface area (Å²) in [5, 5.41) is 6.41. The van der Waals surface area contributed by atoms with Crippen LogP contribution in [-0.2, 0) is 6.42 Å². The van der Waals surface area contributed by atoms with Gasteiger partial charge < -0.3 is 5.32 Å². The van der Waals surface area contributed by atoms with E-state index in [0.717, 1.165) is 35.8 Å². The van der Waals surface area contributed by atoms with Crippen LogP contribution in [0.3, 0.4) is 0 Å². The number of aromatic nitrogens is 1. The molecule has 0 aliphatic heterocycles. The van der Waals surface area contributed by atoms with Gasteiger partial charge in [-0.15, -0.1) is 11.3 Å². The van der Waals surface area contributed by atoms with Crippen molar-refractivity contribution in [1.29, 1.82) is 0 Å². The summed E-state index contributed by atoms with van der Waals surface area (Å²) in [6, 6.07) is 6.46. The first kappa shape index (κ1) is 12.2. The third-order valence-corrected chi connectivity index (χ3v) is 3.37. The smallest absolute Gasteiger partial charge is 0.123 e. The number of halogens is 1. The molecule has 0 bridgehead atoms. The Hall–Kier alpha value is -1.26. The van der Waals surface area contributed by atoms with Gasteiger partial charge in [0.15, 0.2) is 0 Å². The molecule has 0 aliphatic carbocycles. The fraction of sp³-hybridized carbons (Fsp3) is 0.308. The number of nitrogens with one attached hydrogen (secondary N) is 1. The quantitative estimate of drug-likeness (QED) is 0.825. The third kappa shape index (κ3) is 3.35. The Morgan fingerprint density at radius 2 is 2.06 bits per heavy atom. The predicted molar refractivity (Wildman–Crippen MR) is 69.8 cm³/mol. The normalized spacial score (nSPS) is 10.7. The highest BCUT2D eigenvalue weighted by molar-refractivity contribution is 7.09. The predicted octanol–water partition coefficient (Wildman–Crippen LogP) is 3.10. The van der Waals surface area contributed by atoms with Gasteiger partial charge in [0.25, 0.3) is 0 Å². The standard InChI is InChI=1S/C13H15FN2S/c1-2-15-8-7-13-16-12(9-17-13)10-3-5-11(14)6-4-10/h3-6,9,15H,2,7-8H2,1H3. The summed E-state index contributed by atoms with van der Waals surface area (Å²) in [4.78, 5) is 4.54. The van der Waals surface area contributed by atoms with Crippen molar-refractivity contribution < 1.29 is 4.39 Å². The van der Waals surface area contributed by atoms with Gasteiger partial charge >= 0.3 is 0 Å². The van der Waals surface area contributed by atoms with Gasteiger partial charge in [0.05, 0.1) is 10.7 Å². The molecule has 2 nitrogen and oxygen atoms in total. The lowest BCUT2D eigenvalue weighted by molar-refractivity contribution is 0.628. The molecule has 1 aromatic heterocycles. The molecule has 0 aliphatic rings. The van der Waals surface area contributed by atoms with Gasteiger partial charge in [0, 0.05) is 23.9 Å². The summed E-state index contributed by atoms with van der Waals surface area (Å²) in [5.41, 5.74) is 1.90. The molecular formula is C13H15FN2S. The summed E-state index contributed by atoms with van der Waals surface area (Å²) < 4.78 is 12.8. The summed E-state index contributed by atoms with van der Waals surface area (Å²) in [6.45, 7) is 4.02. The van der Waals surface area contributed by atoms with Gasteiger partial charge in [-0.3, -0.25) is 0 Å². The van der Waals surface area contributed by atoms with Gasteiger partial charge in [-0.05, 0) is 30.8 Å². The molecule has 0 amide bonds. The van der Waals surface area contributed by atoms with Crippen molar-refractivity contribution in [3.05, 3.63) is 40.5 Å². The van der Waals surface area contributed by atoms with Crippen LogP contribution >= 0.6 is 11.3 Å². The van der Waals surface area contributed by atoms with E-state index in [2.05, 4.69) is 17.2 Å². The molecule has 2 aromatic rings. The van der Waals surface area contributed by atoms with Crippen molar-refractivity contribution in [1.82, 2.24) is 10.3 Å². The lowest BCUT2D eigenvalue weighted by Gasteiger charge is -1.98. The van der Waals surface area contributed by atoms with E-state index in [1.165, 1.54) is 12.1 Å². The van der Waals surface area contributed by atoms with Crippen LogP contribution in [-0.4, -0.2) is 18.1 Å². The number of thiazole rings is 1. The minimum Gasteiger partial charge on any atom is -0.317 e. The zero-order valence-corrected chi connectivity index (χ0v) is 10.6. The number of hydrogen-bond donors (Lipinski definition) is 1. The molecule has 1 N–H and O–H groups in total. The highest BCUT2D eigenvalue weighted by Gasteiger charge is 2.04. The van der Waals surface area contributed by atoms with Gasteiger partial charge in [-0.2, -0.15) is 0 Å². The third-order valence-electron chi connectivity index (χ3n) is 2.46. The van der Waals surface area contributed by atoms with Gasteiger partial charge in [0.1, 0.15) is 5.82 Å². The van der Waals surface area contributed by atoms with E-state index in [-0.39, 0.29) is 5.82 Å². The van der Waals surface area contributed by atoms with Crippen LogP contribution in [0, 0.1) is 5.82 Å². The highest BCUT2D eigenvalue weighted by atomic mass is 32.1. The van der Waals surface area contributed by atoms with E-state index < -0.39 is 0 Å². The maximum absolute atomic E-state index is 12.8. The number of nitrogens with zero attached hydrogens (tertiary/aromatic N) is 1. The average molecular weight is 250 g/mol. The molecule has 17 heavy (non-hydrogen) atoms. The van der Waals surface area contributed by atoms with Crippen molar-refractivity contribution >= 4 is 11.3 Å². The first-order chi connectivity index (χ1) is 8.29. The van der Waals surface area contributed by atoms with Crippen LogP contribution in [0.15, 0.2) is 29.6 Å². The van der Waals surface area contributed by atoms with Crippen LogP contribution in [0.1, 0.15) is 11.9 Å². The SMILES string of the molecule is CCNCCc1nc(-c2ccc(F)cc2)cs1. The molecule has 0 spiro atoms. The lowest BCUT2D eigenvalue weighted by Crippen LogP contribution is -2.15. The van der Waals surface area contributed by atoms with Crippen molar-refractivity contribution in [3.8, 4) is 11.3 Å². The Balaban J connectivity index is 2.04. The van der Waals surface area contributed by atoms with Crippen LogP contribution < -0.4 is 5.32 Å². The summed E-state index contributed by atoms with van der Waals surface area (Å²) >= 11 is 1.65. The Bertz CT molecular complexity index is 465. The van der Waals surface area contributed by atoms with E-state index >= 15 is 0 Å². The molecule has 0 fully saturated rings. The van der Waals surface area contributed by atoms with E-state index in [9.17, 15) is 4.39 Å². The van der Waals surface area contributed by atoms with E-state index in [1.807, 2.05) is 5.38 Å². The van der Waals surface area contributed by atoms with Gasteiger partial charge in [-0.25, -0.2) is 9.37 Å². The van der Waals surface area contributed by atoms with E-state index in [4.69, 9.17) is 0 Å². The van der Waals surface area contributed by atoms with Gasteiger partial charge in [0.2, 0.25) is 0 Å². The number of rotatable bonds is 5. The lowest BCUT2D eigenvalue weighted by atomic mass is 10.2. The molecule has 2 rings (SSSR count). The molecule has 1 heterocycles. The minimum atomic E-state index is -0.212. The molecular weight excluding hydrogens is 235 g/mol. The van der Waals surface area contributed by atoms with E-state index in [1.54, 1.807) is 23.5 Å². The largest absolute Gasteiger partial charge is 0.317 e. The zero-order valence-electron chi connectivity index (χ0n) is 9.74. The van der Waals surface area contributed by atoms with Crippen LogP contribution in [0.2, 0.25) is 0 Å². The first-order valence-corrected chi connectivity index (χ1v) is 6.58. The second-order valence-corrected chi connectivity index (χ2v) is 4.68. The van der Waals surface area contributed by atoms with Gasteiger partial charge in [-0.1, -0.05) is 6.92 Å². The maximum atomic E-state index is 12.8. The molecule has 0 saturated heterocycles. The Kier molecular flexibility index (Phi) is 4.23. The summed E-state index contributed by atoms with van der Waals surface area (Å²) in [6.07, 6.45) is 0.944. The molecule has 90 valence electrons. The maximum Gasteiger partial charge on any atom is 0.123 e. The highest BCUT2D eigenvalue weighted by Crippen LogP contribution is 2.22. The van der Waals surface area contributed by atoms with Crippen molar-refractivity contribution in [2.75, 3.05) is 13.1 Å². The second kappa shape index (κ2) is 5.89. The Morgan fingerprint density at radius 1 is 1.29 bits per heavy atom. The zero-order chi connectivity index (χ0) is 12.1. The summed E-state index contributed by atoms with van der Waals surface area (Å²) in [7, 11) is 0. The summed E-state index contributed by atoms with van der Waals surface area (Å²) in [5.74, 6) is -0.212. The fourth-order valence-corrected chi connectivity index (χ4v) is 2.36. The molecule has 0 saturated carbocycles. The Morgan fingerprint density at radius 3 is 2.76 bits per heavy atom. The Labute approximate surface area is 105 Å². The number of hydrogen-bond acceptors (Lipinski definition) is 3. The fourth-order valence-electron chi connectivity index (χ4n) is 1.55. The molecule has 0 radical (unpaired) electrons. The second-order valence-electron chi connectivity index (χ2n) is 3.74. The molecule has 4 heteroatoms. The van der Waals surface area contributed by atoms with Crippen LogP contribution in [0.4, 0.5) is 4.39 Å². The van der Waals surface area contributed by atoms with Crippen molar-refractivity contribution in [3.63, 3.8) is 0 Å². The minimum absolute atomic E-state index is 0.212. The van der Waals surface area contributed by atoms with Crippen molar-refractivity contribution in [2.24, 2.45) is 0 Å². The molecule has 1 aromatic carbocycles. The van der Waals surface area contributed by atoms with E-state index in [0.29, 0.717) is 0 Å². The van der Waals surface area contributed by atoms with Crippen molar-refractivity contribution in [2.45, 2.75) is 13.3 Å². The first-order valence-electron chi connectivity index (χ1n) is 5.70. The molecule has 0 unspecified atom stereocenters. The average Bonchev–Trinajstić information content (AvgIpc) is 2.79.